The third kappa shape index (κ3) is 2.51. The van der Waals surface area contributed by atoms with E-state index in [1.165, 1.54) is 0 Å². The minimum absolute atomic E-state index is 0.296. The number of aromatic hydroxyl groups is 1. The molecule has 0 fully saturated rings. The highest BCUT2D eigenvalue weighted by atomic mass is 79.9. The first-order valence-corrected chi connectivity index (χ1v) is 6.53. The van der Waals surface area contributed by atoms with Crippen LogP contribution in [0.25, 0.3) is 0 Å². The summed E-state index contributed by atoms with van der Waals surface area (Å²) in [5.74, 6) is 1.87. The summed E-state index contributed by atoms with van der Waals surface area (Å²) >= 11 is 3.32. The summed E-state index contributed by atoms with van der Waals surface area (Å²) in [5, 5.41) is 9.58. The molecule has 0 aromatic heterocycles. The molecule has 1 N–H and O–H groups in total. The summed E-state index contributed by atoms with van der Waals surface area (Å²) in [6.07, 6.45) is 3.46. The third-order valence-corrected chi connectivity index (χ3v) is 3.53. The van der Waals surface area contributed by atoms with Crippen LogP contribution < -0.4 is 4.74 Å². The molecule has 1 aliphatic heterocycles. The quantitative estimate of drug-likeness (QED) is 0.893. The monoisotopic (exact) mass is 284 g/mol. The van der Waals surface area contributed by atoms with Crippen molar-refractivity contribution in [2.45, 2.75) is 39.2 Å². The lowest BCUT2D eigenvalue weighted by Gasteiger charge is -2.27. The molecule has 0 radical (unpaired) electrons. The molecule has 0 spiro atoms. The lowest BCUT2D eigenvalue weighted by atomic mass is 9.96. The van der Waals surface area contributed by atoms with E-state index in [1.54, 1.807) is 6.07 Å². The Morgan fingerprint density at radius 2 is 2.25 bits per heavy atom. The number of phenols is 1. The Bertz CT molecular complexity index is 388. The van der Waals surface area contributed by atoms with E-state index in [2.05, 4.69) is 29.8 Å². The van der Waals surface area contributed by atoms with Gasteiger partial charge in [0.25, 0.3) is 0 Å². The van der Waals surface area contributed by atoms with Gasteiger partial charge < -0.3 is 9.84 Å². The van der Waals surface area contributed by atoms with E-state index < -0.39 is 0 Å². The van der Waals surface area contributed by atoms with E-state index in [9.17, 15) is 5.11 Å². The second-order valence-electron chi connectivity index (χ2n) is 4.82. The van der Waals surface area contributed by atoms with E-state index in [-0.39, 0.29) is 0 Å². The fourth-order valence-electron chi connectivity index (χ4n) is 2.14. The van der Waals surface area contributed by atoms with Crippen molar-refractivity contribution < 1.29 is 9.84 Å². The Balaban J connectivity index is 2.17. The Labute approximate surface area is 105 Å². The Hall–Kier alpha value is -0.700. The molecule has 2 nitrogen and oxygen atoms in total. The molecule has 16 heavy (non-hydrogen) atoms. The van der Waals surface area contributed by atoms with E-state index in [0.717, 1.165) is 30.6 Å². The minimum Gasteiger partial charge on any atom is -0.507 e. The number of halogens is 1. The molecule has 0 aliphatic carbocycles. The Kier molecular flexibility index (Phi) is 3.43. The van der Waals surface area contributed by atoms with E-state index in [4.69, 9.17) is 4.74 Å². The van der Waals surface area contributed by atoms with Crippen molar-refractivity contribution >= 4 is 15.9 Å². The van der Waals surface area contributed by atoms with Gasteiger partial charge >= 0.3 is 0 Å². The molecule has 1 aliphatic rings. The molecular weight excluding hydrogens is 268 g/mol. The number of hydrogen-bond acceptors (Lipinski definition) is 2. The predicted molar refractivity (Wildman–Crippen MR) is 68.0 cm³/mol. The average Bonchev–Trinajstić information content (AvgIpc) is 2.19. The molecule has 1 unspecified atom stereocenters. The first-order valence-electron chi connectivity index (χ1n) is 5.74. The van der Waals surface area contributed by atoms with Gasteiger partial charge in [-0.25, -0.2) is 0 Å². The van der Waals surface area contributed by atoms with Gasteiger partial charge in [-0.1, -0.05) is 13.8 Å². The van der Waals surface area contributed by atoms with Crippen LogP contribution in [-0.2, 0) is 6.42 Å². The lowest BCUT2D eigenvalue weighted by molar-refractivity contribution is 0.148. The zero-order valence-corrected chi connectivity index (χ0v) is 11.3. The summed E-state index contributed by atoms with van der Waals surface area (Å²) in [7, 11) is 0. The van der Waals surface area contributed by atoms with Crippen molar-refractivity contribution in [3.8, 4) is 11.5 Å². The van der Waals surface area contributed by atoms with Crippen molar-refractivity contribution in [2.24, 2.45) is 5.92 Å². The zero-order chi connectivity index (χ0) is 11.7. The Morgan fingerprint density at radius 3 is 2.94 bits per heavy atom. The lowest BCUT2D eigenvalue weighted by Crippen LogP contribution is -2.24. The number of benzene rings is 1. The molecule has 1 aromatic rings. The summed E-state index contributed by atoms with van der Waals surface area (Å²) in [4.78, 5) is 0. The van der Waals surface area contributed by atoms with Gasteiger partial charge in [-0.3, -0.25) is 0 Å². The van der Waals surface area contributed by atoms with Crippen molar-refractivity contribution in [2.75, 3.05) is 0 Å². The van der Waals surface area contributed by atoms with Gasteiger partial charge in [0, 0.05) is 0 Å². The van der Waals surface area contributed by atoms with Crippen LogP contribution in [0.1, 0.15) is 32.3 Å². The van der Waals surface area contributed by atoms with Crippen LogP contribution in [0.2, 0.25) is 0 Å². The first kappa shape index (κ1) is 11.8. The smallest absolute Gasteiger partial charge is 0.130 e. The standard InChI is InChI=1S/C13H17BrO2/c1-8(2)5-10-4-3-9-6-12(15)11(14)7-13(9)16-10/h6-8,10,15H,3-5H2,1-2H3. The molecule has 1 atom stereocenters. The normalized spacial score (nSPS) is 19.4. The van der Waals surface area contributed by atoms with Crippen LogP contribution >= 0.6 is 15.9 Å². The van der Waals surface area contributed by atoms with Gasteiger partial charge in [0.1, 0.15) is 11.5 Å². The highest BCUT2D eigenvalue weighted by Gasteiger charge is 2.21. The number of aryl methyl sites for hydroxylation is 1. The van der Waals surface area contributed by atoms with E-state index >= 15 is 0 Å². The summed E-state index contributed by atoms with van der Waals surface area (Å²) in [6, 6.07) is 3.67. The van der Waals surface area contributed by atoms with E-state index in [0.29, 0.717) is 22.2 Å². The summed E-state index contributed by atoms with van der Waals surface area (Å²) in [5.41, 5.74) is 1.11. The molecule has 1 heterocycles. The first-order chi connectivity index (χ1) is 7.56. The number of phenolic OH excluding ortho intramolecular Hbond substituents is 1. The molecule has 1 aromatic carbocycles. The molecule has 0 saturated heterocycles. The summed E-state index contributed by atoms with van der Waals surface area (Å²) < 4.78 is 6.64. The molecule has 2 rings (SSSR count). The van der Waals surface area contributed by atoms with E-state index in [1.807, 2.05) is 6.07 Å². The van der Waals surface area contributed by atoms with Crippen LogP contribution in [0.3, 0.4) is 0 Å². The van der Waals surface area contributed by atoms with Crippen molar-refractivity contribution in [3.05, 3.63) is 22.2 Å². The average molecular weight is 285 g/mol. The van der Waals surface area contributed by atoms with Gasteiger partial charge in [-0.05, 0) is 58.8 Å². The number of rotatable bonds is 2. The van der Waals surface area contributed by atoms with Crippen LogP contribution in [0, 0.1) is 5.92 Å². The topological polar surface area (TPSA) is 29.5 Å². The van der Waals surface area contributed by atoms with Gasteiger partial charge in [0.05, 0.1) is 10.6 Å². The largest absolute Gasteiger partial charge is 0.507 e. The maximum Gasteiger partial charge on any atom is 0.130 e. The SMILES string of the molecule is CC(C)CC1CCc2cc(O)c(Br)cc2O1. The van der Waals surface area contributed by atoms with Gasteiger partial charge in [-0.2, -0.15) is 0 Å². The molecule has 3 heteroatoms. The number of ether oxygens (including phenoxy) is 1. The molecule has 0 saturated carbocycles. The van der Waals surface area contributed by atoms with Crippen LogP contribution in [0.5, 0.6) is 11.5 Å². The summed E-state index contributed by atoms with van der Waals surface area (Å²) in [6.45, 7) is 4.43. The molecule has 88 valence electrons. The highest BCUT2D eigenvalue weighted by Crippen LogP contribution is 2.36. The van der Waals surface area contributed by atoms with Gasteiger partial charge in [0.2, 0.25) is 0 Å². The molecular formula is C13H17BrO2. The minimum atomic E-state index is 0.296. The Morgan fingerprint density at radius 1 is 1.50 bits per heavy atom. The van der Waals surface area contributed by atoms with Gasteiger partial charge in [-0.15, -0.1) is 0 Å². The van der Waals surface area contributed by atoms with Crippen molar-refractivity contribution in [3.63, 3.8) is 0 Å². The second-order valence-corrected chi connectivity index (χ2v) is 5.67. The highest BCUT2D eigenvalue weighted by molar-refractivity contribution is 9.10. The fourth-order valence-corrected chi connectivity index (χ4v) is 2.46. The van der Waals surface area contributed by atoms with Crippen LogP contribution in [-0.4, -0.2) is 11.2 Å². The molecule has 0 amide bonds. The van der Waals surface area contributed by atoms with Crippen molar-refractivity contribution in [1.82, 2.24) is 0 Å². The van der Waals surface area contributed by atoms with Crippen LogP contribution in [0.15, 0.2) is 16.6 Å². The third-order valence-electron chi connectivity index (χ3n) is 2.89. The fraction of sp³-hybridized carbons (Fsp3) is 0.538. The van der Waals surface area contributed by atoms with Gasteiger partial charge in [0.15, 0.2) is 0 Å². The second kappa shape index (κ2) is 4.66. The number of hydrogen-bond donors (Lipinski definition) is 1. The maximum atomic E-state index is 9.58. The number of fused-ring (bicyclic) bond motifs is 1. The van der Waals surface area contributed by atoms with Crippen LogP contribution in [0.4, 0.5) is 0 Å². The zero-order valence-electron chi connectivity index (χ0n) is 9.66. The molecule has 0 bridgehead atoms. The maximum absolute atomic E-state index is 9.58. The predicted octanol–water partition coefficient (Wildman–Crippen LogP) is 3.89. The van der Waals surface area contributed by atoms with Crippen molar-refractivity contribution in [1.29, 1.82) is 0 Å².